The fraction of sp³-hybridized carbons (Fsp3) is 0.208. The molecule has 1 saturated carbocycles. The quantitative estimate of drug-likeness (QED) is 0.325. The number of amides is 1. The van der Waals surface area contributed by atoms with Crippen LogP contribution in [0.1, 0.15) is 40.7 Å². The van der Waals surface area contributed by atoms with E-state index in [9.17, 15) is 18.0 Å². The molecule has 0 saturated heterocycles. The minimum absolute atomic E-state index is 0.101. The topological polar surface area (TPSA) is 121 Å². The van der Waals surface area contributed by atoms with Crippen LogP contribution in [0.25, 0.3) is 22.6 Å². The zero-order valence-corrected chi connectivity index (χ0v) is 18.9. The predicted molar refractivity (Wildman–Crippen MR) is 126 cm³/mol. The van der Waals surface area contributed by atoms with E-state index < -0.39 is 23.6 Å². The van der Waals surface area contributed by atoms with E-state index in [2.05, 4.69) is 25.8 Å². The van der Waals surface area contributed by atoms with Gasteiger partial charge in [-0.25, -0.2) is 18.2 Å². The van der Waals surface area contributed by atoms with Crippen LogP contribution in [0.4, 0.5) is 18.9 Å². The van der Waals surface area contributed by atoms with E-state index in [4.69, 9.17) is 9.93 Å². The number of carbonyl (C=O) groups excluding carboxylic acids is 1. The van der Waals surface area contributed by atoms with Crippen molar-refractivity contribution < 1.29 is 22.5 Å². The fourth-order valence-corrected chi connectivity index (χ4v) is 3.98. The highest BCUT2D eigenvalue weighted by Crippen LogP contribution is 2.48. The number of allylic oxidation sites excluding steroid dienone is 1. The molecule has 0 unspecified atom stereocenters. The van der Waals surface area contributed by atoms with E-state index in [-0.39, 0.29) is 35.9 Å². The van der Waals surface area contributed by atoms with E-state index in [1.165, 1.54) is 24.5 Å². The number of halogens is 3. The van der Waals surface area contributed by atoms with Gasteiger partial charge in [0, 0.05) is 61.1 Å². The van der Waals surface area contributed by atoms with Crippen molar-refractivity contribution in [3.63, 3.8) is 0 Å². The third-order valence-electron chi connectivity index (χ3n) is 5.88. The minimum atomic E-state index is -2.73. The van der Waals surface area contributed by atoms with Gasteiger partial charge in [-0.3, -0.25) is 9.20 Å². The highest BCUT2D eigenvalue weighted by atomic mass is 19.3. The van der Waals surface area contributed by atoms with Gasteiger partial charge in [-0.2, -0.15) is 4.98 Å². The van der Waals surface area contributed by atoms with Crippen molar-refractivity contribution in [1.29, 1.82) is 5.41 Å². The number of hydrogen-bond acceptors (Lipinski definition) is 7. The summed E-state index contributed by atoms with van der Waals surface area (Å²) in [5, 5.41) is 16.8. The van der Waals surface area contributed by atoms with Crippen LogP contribution in [0.2, 0.25) is 0 Å². The van der Waals surface area contributed by atoms with Gasteiger partial charge >= 0.3 is 0 Å². The van der Waals surface area contributed by atoms with E-state index in [0.717, 1.165) is 6.07 Å². The van der Waals surface area contributed by atoms with Gasteiger partial charge in [-0.05, 0) is 30.3 Å². The Hall–Kier alpha value is -4.48. The van der Waals surface area contributed by atoms with Crippen LogP contribution in [-0.4, -0.2) is 44.6 Å². The lowest BCUT2D eigenvalue weighted by molar-refractivity contribution is -0.0925. The summed E-state index contributed by atoms with van der Waals surface area (Å²) in [5.74, 6) is -4.34. The van der Waals surface area contributed by atoms with Crippen molar-refractivity contribution in [2.45, 2.75) is 24.7 Å². The summed E-state index contributed by atoms with van der Waals surface area (Å²) in [6, 6.07) is 7.36. The molecule has 1 fully saturated rings. The molecule has 1 amide bonds. The molecule has 1 aliphatic rings. The van der Waals surface area contributed by atoms with Gasteiger partial charge in [0.25, 0.3) is 5.91 Å². The highest BCUT2D eigenvalue weighted by molar-refractivity contribution is 6.08. The number of imidazole rings is 1. The second kappa shape index (κ2) is 8.95. The largest absolute Gasteiger partial charge is 0.393 e. The molecule has 0 aliphatic heterocycles. The van der Waals surface area contributed by atoms with Crippen molar-refractivity contribution in [1.82, 2.24) is 24.8 Å². The number of carbonyl (C=O) groups is 1. The summed E-state index contributed by atoms with van der Waals surface area (Å²) in [6.45, 7) is 0. The zero-order chi connectivity index (χ0) is 25.4. The Kier molecular flexibility index (Phi) is 5.78. The van der Waals surface area contributed by atoms with Gasteiger partial charge in [-0.15, -0.1) is 0 Å². The molecular formula is C24H20F3N7O2. The zero-order valence-electron chi connectivity index (χ0n) is 18.9. The SMILES string of the molecule is CN/C=C(\C=N)c1ccc2ncc(C(=O)Nc3cc(-c4noc(C5CC(F)(F)C5)n4)ccc3F)n2c1. The maximum absolute atomic E-state index is 14.6. The molecule has 5 rings (SSSR count). The van der Waals surface area contributed by atoms with Crippen molar-refractivity contribution >= 4 is 29.0 Å². The van der Waals surface area contributed by atoms with Crippen LogP contribution < -0.4 is 10.6 Å². The van der Waals surface area contributed by atoms with Crippen LogP contribution in [0.3, 0.4) is 0 Å². The summed E-state index contributed by atoms with van der Waals surface area (Å²) >= 11 is 0. The van der Waals surface area contributed by atoms with Gasteiger partial charge < -0.3 is 20.6 Å². The molecule has 0 bridgehead atoms. The molecule has 3 aromatic heterocycles. The lowest BCUT2D eigenvalue weighted by Crippen LogP contribution is -2.33. The Labute approximate surface area is 202 Å². The van der Waals surface area contributed by atoms with Crippen molar-refractivity contribution in [2.24, 2.45) is 0 Å². The van der Waals surface area contributed by atoms with E-state index >= 15 is 0 Å². The first-order valence-electron chi connectivity index (χ1n) is 11.0. The second-order valence-electron chi connectivity index (χ2n) is 8.39. The first kappa shape index (κ1) is 23.3. The lowest BCUT2D eigenvalue weighted by Gasteiger charge is -2.31. The number of fused-ring (bicyclic) bond motifs is 1. The molecule has 3 heterocycles. The summed E-state index contributed by atoms with van der Waals surface area (Å²) in [5.41, 5.74) is 2.12. The molecule has 9 nitrogen and oxygen atoms in total. The summed E-state index contributed by atoms with van der Waals surface area (Å²) in [4.78, 5) is 21.4. The number of aromatic nitrogens is 4. The molecule has 3 N–H and O–H groups in total. The maximum Gasteiger partial charge on any atom is 0.274 e. The first-order chi connectivity index (χ1) is 17.3. The molecule has 0 atom stereocenters. The molecule has 184 valence electrons. The summed E-state index contributed by atoms with van der Waals surface area (Å²) in [6.07, 6.45) is 5.13. The average molecular weight is 495 g/mol. The standard InChI is InChI=1S/C24H20F3N7O2/c1-29-10-16(9-28)14-3-5-20-30-11-19(34(20)12-14)22(35)31-18-6-13(2-4-17(18)25)21-32-23(36-33-21)15-7-24(26,27)8-15/h2-6,9-12,15,28-29H,7-8H2,1H3,(H,31,35)/b16-10+,28-9?. The number of nitrogens with one attached hydrogen (secondary N) is 3. The maximum atomic E-state index is 14.6. The number of benzene rings is 1. The Bertz CT molecular complexity index is 1500. The Morgan fingerprint density at radius 1 is 1.28 bits per heavy atom. The predicted octanol–water partition coefficient (Wildman–Crippen LogP) is 4.50. The average Bonchev–Trinajstić information content (AvgIpc) is 3.49. The molecule has 36 heavy (non-hydrogen) atoms. The normalized spacial score (nSPS) is 15.5. The lowest BCUT2D eigenvalue weighted by atomic mass is 9.81. The number of alkyl halides is 2. The molecule has 0 radical (unpaired) electrons. The molecule has 4 aromatic rings. The second-order valence-corrected chi connectivity index (χ2v) is 8.39. The van der Waals surface area contributed by atoms with Crippen molar-refractivity contribution in [3.8, 4) is 11.4 Å². The Balaban J connectivity index is 1.40. The van der Waals surface area contributed by atoms with Gasteiger partial charge in [0.1, 0.15) is 17.2 Å². The van der Waals surface area contributed by atoms with Crippen LogP contribution in [0.5, 0.6) is 0 Å². The van der Waals surface area contributed by atoms with Crippen LogP contribution in [0.15, 0.2) is 53.4 Å². The number of rotatable bonds is 7. The molecule has 1 aromatic carbocycles. The van der Waals surface area contributed by atoms with Crippen LogP contribution in [-0.2, 0) is 0 Å². The van der Waals surface area contributed by atoms with E-state index in [0.29, 0.717) is 22.3 Å². The van der Waals surface area contributed by atoms with E-state index in [1.807, 2.05) is 0 Å². The first-order valence-corrected chi connectivity index (χ1v) is 11.0. The van der Waals surface area contributed by atoms with Gasteiger partial charge in [0.15, 0.2) is 0 Å². The summed E-state index contributed by atoms with van der Waals surface area (Å²) < 4.78 is 47.5. The third kappa shape index (κ3) is 4.32. The van der Waals surface area contributed by atoms with Crippen molar-refractivity contribution in [3.05, 3.63) is 71.9 Å². The van der Waals surface area contributed by atoms with Gasteiger partial charge in [-0.1, -0.05) is 5.16 Å². The smallest absolute Gasteiger partial charge is 0.274 e. The molecule has 0 spiro atoms. The number of nitrogens with zero attached hydrogens (tertiary/aromatic N) is 4. The van der Waals surface area contributed by atoms with Crippen LogP contribution >= 0.6 is 0 Å². The molecule has 1 aliphatic carbocycles. The van der Waals surface area contributed by atoms with Crippen molar-refractivity contribution in [2.75, 3.05) is 12.4 Å². The Morgan fingerprint density at radius 3 is 2.81 bits per heavy atom. The molecule has 12 heteroatoms. The highest BCUT2D eigenvalue weighted by Gasteiger charge is 2.48. The van der Waals surface area contributed by atoms with Gasteiger partial charge in [0.05, 0.1) is 11.9 Å². The fourth-order valence-electron chi connectivity index (χ4n) is 3.98. The Morgan fingerprint density at radius 2 is 2.08 bits per heavy atom. The monoisotopic (exact) mass is 495 g/mol. The number of hydrogen-bond donors (Lipinski definition) is 3. The van der Waals surface area contributed by atoms with Crippen LogP contribution in [0, 0.1) is 11.2 Å². The third-order valence-corrected chi connectivity index (χ3v) is 5.88. The number of pyridine rings is 1. The van der Waals surface area contributed by atoms with E-state index in [1.54, 1.807) is 36.0 Å². The number of anilines is 1. The summed E-state index contributed by atoms with van der Waals surface area (Å²) in [7, 11) is 1.71. The van der Waals surface area contributed by atoms with Gasteiger partial charge in [0.2, 0.25) is 17.6 Å². The molecular weight excluding hydrogens is 475 g/mol. The minimum Gasteiger partial charge on any atom is -0.393 e.